The molecule has 1 atom stereocenters. The lowest BCUT2D eigenvalue weighted by Crippen LogP contribution is -2.00. The molecule has 60 valence electrons. The fourth-order valence-electron chi connectivity index (χ4n) is 0.973. The van der Waals surface area contributed by atoms with Crippen molar-refractivity contribution in [3.63, 3.8) is 0 Å². The van der Waals surface area contributed by atoms with E-state index in [-0.39, 0.29) is 12.5 Å². The SMILES string of the molecule is CC(CO)c1ccccc1I. The maximum absolute atomic E-state index is 8.91. The highest BCUT2D eigenvalue weighted by molar-refractivity contribution is 14.1. The lowest BCUT2D eigenvalue weighted by atomic mass is 10.0. The molecule has 1 aromatic rings. The third kappa shape index (κ3) is 2.17. The largest absolute Gasteiger partial charge is 0.396 e. The van der Waals surface area contributed by atoms with E-state index >= 15 is 0 Å². The molecule has 1 unspecified atom stereocenters. The zero-order valence-corrected chi connectivity index (χ0v) is 8.58. The van der Waals surface area contributed by atoms with Crippen molar-refractivity contribution in [3.05, 3.63) is 33.4 Å². The summed E-state index contributed by atoms with van der Waals surface area (Å²) in [5.74, 6) is 0.253. The van der Waals surface area contributed by atoms with Crippen molar-refractivity contribution >= 4 is 22.6 Å². The van der Waals surface area contributed by atoms with Crippen LogP contribution < -0.4 is 0 Å². The van der Waals surface area contributed by atoms with Crippen molar-refractivity contribution in [2.24, 2.45) is 0 Å². The van der Waals surface area contributed by atoms with Gasteiger partial charge in [0, 0.05) is 16.1 Å². The summed E-state index contributed by atoms with van der Waals surface area (Å²) in [7, 11) is 0. The molecule has 1 rings (SSSR count). The van der Waals surface area contributed by atoms with Gasteiger partial charge in [-0.2, -0.15) is 0 Å². The molecule has 1 nitrogen and oxygen atoms in total. The van der Waals surface area contributed by atoms with Crippen LogP contribution in [0.15, 0.2) is 24.3 Å². The van der Waals surface area contributed by atoms with Crippen LogP contribution in [0.2, 0.25) is 0 Å². The van der Waals surface area contributed by atoms with Gasteiger partial charge in [-0.05, 0) is 34.2 Å². The Bertz CT molecular complexity index is 235. The lowest BCUT2D eigenvalue weighted by molar-refractivity contribution is 0.272. The summed E-state index contributed by atoms with van der Waals surface area (Å²) < 4.78 is 1.23. The fraction of sp³-hybridized carbons (Fsp3) is 0.333. The van der Waals surface area contributed by atoms with Crippen LogP contribution in [0, 0.1) is 3.57 Å². The maximum Gasteiger partial charge on any atom is 0.0497 e. The van der Waals surface area contributed by atoms with E-state index in [0.29, 0.717) is 0 Å². The Morgan fingerprint density at radius 3 is 2.64 bits per heavy atom. The zero-order chi connectivity index (χ0) is 8.27. The van der Waals surface area contributed by atoms with Crippen LogP contribution in [-0.2, 0) is 0 Å². The Labute approximate surface area is 80.6 Å². The Balaban J connectivity index is 2.93. The molecule has 1 N–H and O–H groups in total. The highest BCUT2D eigenvalue weighted by Crippen LogP contribution is 2.20. The summed E-state index contributed by atoms with van der Waals surface area (Å²) in [5, 5.41) is 8.91. The van der Waals surface area contributed by atoms with E-state index in [9.17, 15) is 0 Å². The first-order chi connectivity index (χ1) is 5.25. The van der Waals surface area contributed by atoms with E-state index in [1.54, 1.807) is 0 Å². The number of aliphatic hydroxyl groups excluding tert-OH is 1. The Kier molecular flexibility index (Phi) is 3.33. The molecule has 0 fully saturated rings. The minimum Gasteiger partial charge on any atom is -0.396 e. The molecule has 0 radical (unpaired) electrons. The zero-order valence-electron chi connectivity index (χ0n) is 6.42. The lowest BCUT2D eigenvalue weighted by Gasteiger charge is -2.09. The minimum atomic E-state index is 0.222. The molecule has 0 aliphatic carbocycles. The second-order valence-corrected chi connectivity index (χ2v) is 3.77. The van der Waals surface area contributed by atoms with E-state index < -0.39 is 0 Å². The van der Waals surface area contributed by atoms with Gasteiger partial charge in [0.1, 0.15) is 0 Å². The van der Waals surface area contributed by atoms with Crippen LogP contribution in [0.5, 0.6) is 0 Å². The van der Waals surface area contributed by atoms with Crippen LogP contribution >= 0.6 is 22.6 Å². The molecular formula is C9H11IO. The van der Waals surface area contributed by atoms with Crippen LogP contribution in [0.4, 0.5) is 0 Å². The first-order valence-electron chi connectivity index (χ1n) is 3.61. The topological polar surface area (TPSA) is 20.2 Å². The Morgan fingerprint density at radius 2 is 2.09 bits per heavy atom. The molecule has 1 aromatic carbocycles. The van der Waals surface area contributed by atoms with Gasteiger partial charge in [0.2, 0.25) is 0 Å². The molecule has 0 aliphatic rings. The molecule has 0 saturated heterocycles. The van der Waals surface area contributed by atoms with Gasteiger partial charge in [-0.3, -0.25) is 0 Å². The van der Waals surface area contributed by atoms with Crippen molar-refractivity contribution in [1.82, 2.24) is 0 Å². The van der Waals surface area contributed by atoms with Gasteiger partial charge in [-0.15, -0.1) is 0 Å². The minimum absolute atomic E-state index is 0.222. The number of rotatable bonds is 2. The van der Waals surface area contributed by atoms with Crippen molar-refractivity contribution in [1.29, 1.82) is 0 Å². The molecule has 0 spiro atoms. The molecule has 0 aliphatic heterocycles. The summed E-state index contributed by atoms with van der Waals surface area (Å²) in [4.78, 5) is 0. The van der Waals surface area contributed by atoms with E-state index in [0.717, 1.165) is 0 Å². The second-order valence-electron chi connectivity index (χ2n) is 2.61. The quantitative estimate of drug-likeness (QED) is 0.811. The summed E-state index contributed by atoms with van der Waals surface area (Å²) in [5.41, 5.74) is 1.23. The number of hydrogen-bond acceptors (Lipinski definition) is 1. The summed E-state index contributed by atoms with van der Waals surface area (Å²) in [6, 6.07) is 8.13. The van der Waals surface area contributed by atoms with Gasteiger partial charge in [0.05, 0.1) is 0 Å². The monoisotopic (exact) mass is 262 g/mol. The van der Waals surface area contributed by atoms with Crippen LogP contribution in [0.3, 0.4) is 0 Å². The van der Waals surface area contributed by atoms with Gasteiger partial charge < -0.3 is 5.11 Å². The average Bonchev–Trinajstić information content (AvgIpc) is 2.04. The van der Waals surface area contributed by atoms with Gasteiger partial charge in [0.15, 0.2) is 0 Å². The predicted octanol–water partition coefficient (Wildman–Crippen LogP) is 2.39. The normalized spacial score (nSPS) is 13.0. The summed E-state index contributed by atoms with van der Waals surface area (Å²) in [6.45, 7) is 2.25. The maximum atomic E-state index is 8.91. The summed E-state index contributed by atoms with van der Waals surface area (Å²) >= 11 is 2.29. The van der Waals surface area contributed by atoms with Gasteiger partial charge >= 0.3 is 0 Å². The highest BCUT2D eigenvalue weighted by Gasteiger charge is 2.05. The standard InChI is InChI=1S/C9H11IO/c1-7(6-11)8-4-2-3-5-9(8)10/h2-5,7,11H,6H2,1H3. The van der Waals surface area contributed by atoms with Crippen LogP contribution in [-0.4, -0.2) is 11.7 Å². The number of hydrogen-bond donors (Lipinski definition) is 1. The molecule has 0 saturated carbocycles. The number of aliphatic hydroxyl groups is 1. The Hall–Kier alpha value is -0.0900. The average molecular weight is 262 g/mol. The molecule has 2 heteroatoms. The van der Waals surface area contributed by atoms with Crippen molar-refractivity contribution < 1.29 is 5.11 Å². The smallest absolute Gasteiger partial charge is 0.0497 e. The number of halogens is 1. The van der Waals surface area contributed by atoms with E-state index in [1.165, 1.54) is 9.13 Å². The molecule has 0 bridgehead atoms. The third-order valence-electron chi connectivity index (χ3n) is 1.71. The van der Waals surface area contributed by atoms with Crippen LogP contribution in [0.1, 0.15) is 18.4 Å². The molecule has 0 heterocycles. The molecular weight excluding hydrogens is 251 g/mol. The van der Waals surface area contributed by atoms with E-state index in [4.69, 9.17) is 5.11 Å². The van der Waals surface area contributed by atoms with Gasteiger partial charge in [-0.1, -0.05) is 25.1 Å². The van der Waals surface area contributed by atoms with Crippen molar-refractivity contribution in [3.8, 4) is 0 Å². The van der Waals surface area contributed by atoms with Crippen molar-refractivity contribution in [2.45, 2.75) is 12.8 Å². The van der Waals surface area contributed by atoms with Gasteiger partial charge in [-0.25, -0.2) is 0 Å². The van der Waals surface area contributed by atoms with E-state index in [2.05, 4.69) is 34.7 Å². The Morgan fingerprint density at radius 1 is 1.45 bits per heavy atom. The predicted molar refractivity (Wildman–Crippen MR) is 54.7 cm³/mol. The number of benzene rings is 1. The fourth-order valence-corrected chi connectivity index (χ4v) is 1.89. The summed E-state index contributed by atoms with van der Waals surface area (Å²) in [6.07, 6.45) is 0. The van der Waals surface area contributed by atoms with Gasteiger partial charge in [0.25, 0.3) is 0 Å². The first-order valence-corrected chi connectivity index (χ1v) is 4.69. The second kappa shape index (κ2) is 4.07. The highest BCUT2D eigenvalue weighted by atomic mass is 127. The van der Waals surface area contributed by atoms with E-state index in [1.807, 2.05) is 19.1 Å². The molecule has 0 amide bonds. The third-order valence-corrected chi connectivity index (χ3v) is 2.69. The van der Waals surface area contributed by atoms with Crippen LogP contribution in [0.25, 0.3) is 0 Å². The van der Waals surface area contributed by atoms with Crippen molar-refractivity contribution in [2.75, 3.05) is 6.61 Å². The first kappa shape index (κ1) is 9.00. The molecule has 0 aromatic heterocycles. The molecule has 11 heavy (non-hydrogen) atoms.